The van der Waals surface area contributed by atoms with E-state index in [2.05, 4.69) is 0 Å². The maximum Gasteiger partial charge on any atom is 0.184 e. The summed E-state index contributed by atoms with van der Waals surface area (Å²) < 4.78 is 5.34. The standard InChI is InChI=1S/C12H20O2/c1-2-12(10-13)14-9-8-11-6-4-3-5-7-11/h2,10-11H,3-9H2,1H3/b12-2+. The van der Waals surface area contributed by atoms with Crippen molar-refractivity contribution in [1.82, 2.24) is 0 Å². The van der Waals surface area contributed by atoms with E-state index in [0.717, 1.165) is 18.6 Å². The van der Waals surface area contributed by atoms with Crippen LogP contribution < -0.4 is 0 Å². The number of aldehydes is 1. The van der Waals surface area contributed by atoms with Crippen molar-refractivity contribution in [3.05, 3.63) is 11.8 Å². The maximum absolute atomic E-state index is 10.4. The Bertz CT molecular complexity index is 190. The minimum Gasteiger partial charge on any atom is -0.491 e. The SMILES string of the molecule is C/C=C(\C=O)OCCC1CCCCC1. The highest BCUT2D eigenvalue weighted by Gasteiger charge is 2.12. The van der Waals surface area contributed by atoms with Gasteiger partial charge in [0.15, 0.2) is 12.0 Å². The summed E-state index contributed by atoms with van der Waals surface area (Å²) in [5.41, 5.74) is 0. The van der Waals surface area contributed by atoms with Crippen LogP contribution in [-0.2, 0) is 9.53 Å². The summed E-state index contributed by atoms with van der Waals surface area (Å²) in [5.74, 6) is 1.30. The fourth-order valence-corrected chi connectivity index (χ4v) is 2.00. The highest BCUT2D eigenvalue weighted by Crippen LogP contribution is 2.26. The van der Waals surface area contributed by atoms with Crippen LogP contribution in [0.2, 0.25) is 0 Å². The van der Waals surface area contributed by atoms with E-state index < -0.39 is 0 Å². The topological polar surface area (TPSA) is 26.3 Å². The first-order valence-electron chi connectivity index (χ1n) is 5.61. The van der Waals surface area contributed by atoms with Gasteiger partial charge in [-0.2, -0.15) is 0 Å². The van der Waals surface area contributed by atoms with Crippen LogP contribution in [-0.4, -0.2) is 12.9 Å². The lowest BCUT2D eigenvalue weighted by Gasteiger charge is -2.21. The summed E-state index contributed by atoms with van der Waals surface area (Å²) in [7, 11) is 0. The van der Waals surface area contributed by atoms with E-state index in [1.807, 2.05) is 6.92 Å². The molecule has 1 rings (SSSR count). The molecule has 1 aliphatic rings. The molecule has 2 heteroatoms. The number of hydrogen-bond acceptors (Lipinski definition) is 2. The average Bonchev–Trinajstić information content (AvgIpc) is 2.26. The van der Waals surface area contributed by atoms with Gasteiger partial charge in [0.05, 0.1) is 6.61 Å². The second kappa shape index (κ2) is 6.63. The van der Waals surface area contributed by atoms with Crippen LogP contribution in [0.3, 0.4) is 0 Å². The molecule has 1 aliphatic carbocycles. The van der Waals surface area contributed by atoms with Crippen molar-refractivity contribution in [2.75, 3.05) is 6.61 Å². The largest absolute Gasteiger partial charge is 0.491 e. The van der Waals surface area contributed by atoms with Crippen LogP contribution in [0.15, 0.2) is 11.8 Å². The summed E-state index contributed by atoms with van der Waals surface area (Å²) in [5, 5.41) is 0. The van der Waals surface area contributed by atoms with Crippen LogP contribution in [0, 0.1) is 5.92 Å². The summed E-state index contributed by atoms with van der Waals surface area (Å²) >= 11 is 0. The number of rotatable bonds is 5. The van der Waals surface area contributed by atoms with E-state index in [0.29, 0.717) is 12.4 Å². The van der Waals surface area contributed by atoms with Crippen molar-refractivity contribution in [2.45, 2.75) is 45.4 Å². The predicted octanol–water partition coefficient (Wildman–Crippen LogP) is 3.08. The van der Waals surface area contributed by atoms with Crippen LogP contribution in [0.5, 0.6) is 0 Å². The molecule has 0 bridgehead atoms. The van der Waals surface area contributed by atoms with Gasteiger partial charge in [-0.05, 0) is 25.3 Å². The van der Waals surface area contributed by atoms with Gasteiger partial charge >= 0.3 is 0 Å². The lowest BCUT2D eigenvalue weighted by atomic mass is 9.87. The van der Waals surface area contributed by atoms with Gasteiger partial charge < -0.3 is 4.74 Å². The fourth-order valence-electron chi connectivity index (χ4n) is 2.00. The molecule has 80 valence electrons. The molecule has 0 N–H and O–H groups in total. The average molecular weight is 196 g/mol. The molecule has 1 fully saturated rings. The number of allylic oxidation sites excluding steroid dienone is 2. The highest BCUT2D eigenvalue weighted by atomic mass is 16.5. The van der Waals surface area contributed by atoms with E-state index in [1.165, 1.54) is 32.1 Å². The Hall–Kier alpha value is -0.790. The Labute approximate surface area is 86.3 Å². The first kappa shape index (κ1) is 11.3. The van der Waals surface area contributed by atoms with E-state index in [-0.39, 0.29) is 0 Å². The molecule has 0 amide bonds. The zero-order valence-electron chi connectivity index (χ0n) is 9.00. The molecule has 0 aliphatic heterocycles. The predicted molar refractivity (Wildman–Crippen MR) is 57.0 cm³/mol. The van der Waals surface area contributed by atoms with Crippen molar-refractivity contribution < 1.29 is 9.53 Å². The maximum atomic E-state index is 10.4. The molecule has 0 unspecified atom stereocenters. The molecule has 2 nitrogen and oxygen atoms in total. The smallest absolute Gasteiger partial charge is 0.184 e. The minimum absolute atomic E-state index is 0.473. The molecule has 0 spiro atoms. The molecule has 0 aromatic rings. The third kappa shape index (κ3) is 3.95. The zero-order valence-corrected chi connectivity index (χ0v) is 9.00. The number of hydrogen-bond donors (Lipinski definition) is 0. The van der Waals surface area contributed by atoms with E-state index in [4.69, 9.17) is 4.74 Å². The third-order valence-corrected chi connectivity index (χ3v) is 2.92. The van der Waals surface area contributed by atoms with Crippen LogP contribution in [0.1, 0.15) is 45.4 Å². The molecular weight excluding hydrogens is 176 g/mol. The Kier molecular flexibility index (Phi) is 5.35. The van der Waals surface area contributed by atoms with Crippen molar-refractivity contribution in [3.8, 4) is 0 Å². The molecule has 0 aromatic heterocycles. The third-order valence-electron chi connectivity index (χ3n) is 2.92. The Morgan fingerprint density at radius 2 is 2.07 bits per heavy atom. The van der Waals surface area contributed by atoms with Crippen LogP contribution in [0.25, 0.3) is 0 Å². The molecule has 0 aromatic carbocycles. The van der Waals surface area contributed by atoms with Crippen LogP contribution >= 0.6 is 0 Å². The summed E-state index contributed by atoms with van der Waals surface area (Å²) in [4.78, 5) is 10.4. The first-order chi connectivity index (χ1) is 6.86. The number of carbonyl (C=O) groups is 1. The van der Waals surface area contributed by atoms with Gasteiger partial charge in [-0.15, -0.1) is 0 Å². The highest BCUT2D eigenvalue weighted by molar-refractivity contribution is 5.69. The summed E-state index contributed by atoms with van der Waals surface area (Å²) in [6.45, 7) is 2.52. The monoisotopic (exact) mass is 196 g/mol. The van der Waals surface area contributed by atoms with Crippen molar-refractivity contribution in [1.29, 1.82) is 0 Å². The molecule has 14 heavy (non-hydrogen) atoms. The quantitative estimate of drug-likeness (QED) is 0.384. The Morgan fingerprint density at radius 3 is 2.64 bits per heavy atom. The van der Waals surface area contributed by atoms with Crippen molar-refractivity contribution >= 4 is 6.29 Å². The second-order valence-electron chi connectivity index (χ2n) is 3.95. The Morgan fingerprint density at radius 1 is 1.36 bits per heavy atom. The van der Waals surface area contributed by atoms with Crippen molar-refractivity contribution in [2.24, 2.45) is 5.92 Å². The van der Waals surface area contributed by atoms with E-state index >= 15 is 0 Å². The molecule has 0 atom stereocenters. The van der Waals surface area contributed by atoms with Gasteiger partial charge in [0.25, 0.3) is 0 Å². The molecule has 0 saturated heterocycles. The molecule has 1 saturated carbocycles. The summed E-state index contributed by atoms with van der Waals surface area (Å²) in [6.07, 6.45) is 10.4. The van der Waals surface area contributed by atoms with Gasteiger partial charge in [0.2, 0.25) is 0 Å². The Balaban J connectivity index is 2.10. The zero-order chi connectivity index (χ0) is 10.2. The second-order valence-corrected chi connectivity index (χ2v) is 3.95. The van der Waals surface area contributed by atoms with Crippen LogP contribution in [0.4, 0.5) is 0 Å². The lowest BCUT2D eigenvalue weighted by Crippen LogP contribution is -2.09. The van der Waals surface area contributed by atoms with Gasteiger partial charge in [-0.25, -0.2) is 0 Å². The van der Waals surface area contributed by atoms with Gasteiger partial charge in [0.1, 0.15) is 0 Å². The number of carbonyl (C=O) groups excluding carboxylic acids is 1. The van der Waals surface area contributed by atoms with Gasteiger partial charge in [0, 0.05) is 0 Å². The number of ether oxygens (including phenoxy) is 1. The van der Waals surface area contributed by atoms with Gasteiger partial charge in [-0.3, -0.25) is 4.79 Å². The molecule has 0 radical (unpaired) electrons. The summed E-state index contributed by atoms with van der Waals surface area (Å²) in [6, 6.07) is 0. The van der Waals surface area contributed by atoms with Crippen molar-refractivity contribution in [3.63, 3.8) is 0 Å². The van der Waals surface area contributed by atoms with Gasteiger partial charge in [-0.1, -0.05) is 32.1 Å². The lowest BCUT2D eigenvalue weighted by molar-refractivity contribution is -0.107. The molecular formula is C12H20O2. The molecule has 0 heterocycles. The first-order valence-corrected chi connectivity index (χ1v) is 5.61. The fraction of sp³-hybridized carbons (Fsp3) is 0.750. The minimum atomic E-state index is 0.473. The normalized spacial score (nSPS) is 19.4. The van der Waals surface area contributed by atoms with E-state index in [9.17, 15) is 4.79 Å². The van der Waals surface area contributed by atoms with E-state index in [1.54, 1.807) is 6.08 Å².